The number of para-hydroxylation sites is 1. The quantitative estimate of drug-likeness (QED) is 0.451. The van der Waals surface area contributed by atoms with Gasteiger partial charge in [-0.2, -0.15) is 0 Å². The fourth-order valence-electron chi connectivity index (χ4n) is 2.57. The number of carbonyl (C=O) groups excluding carboxylic acids is 1. The van der Waals surface area contributed by atoms with E-state index < -0.39 is 10.0 Å². The number of rotatable bonds is 8. The van der Waals surface area contributed by atoms with Crippen LogP contribution >= 0.6 is 0 Å². The van der Waals surface area contributed by atoms with Crippen molar-refractivity contribution in [2.75, 3.05) is 11.0 Å². The first-order valence-corrected chi connectivity index (χ1v) is 10.7. The lowest BCUT2D eigenvalue weighted by molar-refractivity contribution is 0.104. The third kappa shape index (κ3) is 6.29. The van der Waals surface area contributed by atoms with Gasteiger partial charge in [-0.15, -0.1) is 0 Å². The van der Waals surface area contributed by atoms with Crippen molar-refractivity contribution in [2.24, 2.45) is 0 Å². The van der Waals surface area contributed by atoms with Gasteiger partial charge >= 0.3 is 0 Å². The van der Waals surface area contributed by atoms with Crippen LogP contribution in [0, 0.1) is 0 Å². The molecular weight excluding hydrogens is 388 g/mol. The van der Waals surface area contributed by atoms with Crippen molar-refractivity contribution in [1.82, 2.24) is 4.98 Å². The molecule has 148 valence electrons. The average Bonchev–Trinajstić information content (AvgIpc) is 2.71. The second kappa shape index (κ2) is 9.16. The molecule has 7 heteroatoms. The van der Waals surface area contributed by atoms with Crippen molar-refractivity contribution < 1.29 is 17.9 Å². The highest BCUT2D eigenvalue weighted by molar-refractivity contribution is 7.92. The Kier molecular flexibility index (Phi) is 6.41. The highest BCUT2D eigenvalue weighted by Crippen LogP contribution is 2.21. The zero-order valence-corrected chi connectivity index (χ0v) is 16.6. The molecule has 29 heavy (non-hydrogen) atoms. The number of hydrogen-bond acceptors (Lipinski definition) is 5. The Balaban J connectivity index is 1.68. The first-order chi connectivity index (χ1) is 13.9. The number of aromatic nitrogens is 1. The molecule has 6 nitrogen and oxygen atoms in total. The predicted molar refractivity (Wildman–Crippen MR) is 113 cm³/mol. The molecular formula is C22H20N2O4S. The molecule has 2 aromatic carbocycles. The fraction of sp³-hybridized carbons (Fsp3) is 0.0909. The number of allylic oxidation sites excluding steroid dienone is 1. The van der Waals surface area contributed by atoms with Crippen LogP contribution in [0.1, 0.15) is 21.5 Å². The minimum atomic E-state index is -3.35. The molecule has 0 aliphatic rings. The van der Waals surface area contributed by atoms with E-state index in [4.69, 9.17) is 4.74 Å². The molecule has 0 saturated carbocycles. The monoisotopic (exact) mass is 408 g/mol. The lowest BCUT2D eigenvalue weighted by Crippen LogP contribution is -2.09. The number of pyridine rings is 1. The van der Waals surface area contributed by atoms with Crippen molar-refractivity contribution in [3.63, 3.8) is 0 Å². The largest absolute Gasteiger partial charge is 0.488 e. The SMILES string of the molecule is CS(=O)(=O)Nc1ccc(C(=O)/C=C/c2ccccc2OCc2cccnc2)cc1. The smallest absolute Gasteiger partial charge is 0.229 e. The zero-order chi connectivity index (χ0) is 20.7. The summed E-state index contributed by atoms with van der Waals surface area (Å²) in [5.74, 6) is 0.464. The van der Waals surface area contributed by atoms with Crippen LogP contribution in [0.25, 0.3) is 6.08 Å². The number of benzene rings is 2. The van der Waals surface area contributed by atoms with Gasteiger partial charge in [0.15, 0.2) is 5.78 Å². The summed E-state index contributed by atoms with van der Waals surface area (Å²) in [5, 5.41) is 0. The van der Waals surface area contributed by atoms with Crippen molar-refractivity contribution >= 4 is 27.6 Å². The first-order valence-electron chi connectivity index (χ1n) is 8.82. The minimum Gasteiger partial charge on any atom is -0.488 e. The summed E-state index contributed by atoms with van der Waals surface area (Å²) in [7, 11) is -3.35. The topological polar surface area (TPSA) is 85.4 Å². The molecule has 0 bridgehead atoms. The molecule has 0 unspecified atom stereocenters. The Morgan fingerprint density at radius 3 is 2.52 bits per heavy atom. The number of ketones is 1. The summed E-state index contributed by atoms with van der Waals surface area (Å²) in [6.07, 6.45) is 7.68. The number of ether oxygens (including phenoxy) is 1. The Morgan fingerprint density at radius 1 is 1.07 bits per heavy atom. The summed E-state index contributed by atoms with van der Waals surface area (Å²) in [5.41, 5.74) is 2.58. The summed E-state index contributed by atoms with van der Waals surface area (Å²) >= 11 is 0. The van der Waals surface area contributed by atoms with Crippen molar-refractivity contribution in [2.45, 2.75) is 6.61 Å². The van der Waals surface area contributed by atoms with E-state index in [9.17, 15) is 13.2 Å². The zero-order valence-electron chi connectivity index (χ0n) is 15.8. The van der Waals surface area contributed by atoms with E-state index in [1.54, 1.807) is 42.7 Å². The van der Waals surface area contributed by atoms with Gasteiger partial charge in [-0.05, 0) is 48.6 Å². The highest BCUT2D eigenvalue weighted by atomic mass is 32.2. The van der Waals surface area contributed by atoms with Crippen LogP contribution < -0.4 is 9.46 Å². The van der Waals surface area contributed by atoms with Crippen LogP contribution in [0.4, 0.5) is 5.69 Å². The molecule has 0 fully saturated rings. The normalized spacial score (nSPS) is 11.3. The van der Waals surface area contributed by atoms with Gasteiger partial charge in [-0.3, -0.25) is 14.5 Å². The summed E-state index contributed by atoms with van der Waals surface area (Å²) < 4.78 is 30.7. The molecule has 0 spiro atoms. The predicted octanol–water partition coefficient (Wildman–Crippen LogP) is 3.93. The Morgan fingerprint density at radius 2 is 1.83 bits per heavy atom. The standard InChI is InChI=1S/C22H20N2O4S/c1-29(26,27)24-20-11-8-18(9-12-20)21(25)13-10-19-6-2-3-7-22(19)28-16-17-5-4-14-23-15-17/h2-15,24H,16H2,1H3/b13-10+. The van der Waals surface area contributed by atoms with Crippen LogP contribution in [-0.2, 0) is 16.6 Å². The number of carbonyl (C=O) groups is 1. The van der Waals surface area contributed by atoms with E-state index in [1.807, 2.05) is 36.4 Å². The van der Waals surface area contributed by atoms with E-state index in [1.165, 1.54) is 6.08 Å². The van der Waals surface area contributed by atoms with Gasteiger partial charge in [0.2, 0.25) is 10.0 Å². The van der Waals surface area contributed by atoms with E-state index >= 15 is 0 Å². The molecule has 3 aromatic rings. The second-order valence-corrected chi connectivity index (χ2v) is 8.09. The summed E-state index contributed by atoms with van der Waals surface area (Å²) in [6, 6.07) is 17.5. The molecule has 0 aliphatic heterocycles. The molecule has 1 N–H and O–H groups in total. The minimum absolute atomic E-state index is 0.196. The maximum absolute atomic E-state index is 12.4. The second-order valence-electron chi connectivity index (χ2n) is 6.34. The third-order valence-corrected chi connectivity index (χ3v) is 4.53. The Bertz CT molecular complexity index is 1110. The van der Waals surface area contributed by atoms with E-state index in [-0.39, 0.29) is 5.78 Å². The lowest BCUT2D eigenvalue weighted by Gasteiger charge is -2.09. The maximum Gasteiger partial charge on any atom is 0.229 e. The molecule has 0 saturated heterocycles. The van der Waals surface area contributed by atoms with Crippen LogP contribution in [0.3, 0.4) is 0 Å². The van der Waals surface area contributed by atoms with Crippen molar-refractivity contribution in [3.05, 3.63) is 95.8 Å². The molecule has 0 amide bonds. The lowest BCUT2D eigenvalue weighted by atomic mass is 10.1. The highest BCUT2D eigenvalue weighted by Gasteiger charge is 2.06. The van der Waals surface area contributed by atoms with Crippen LogP contribution in [0.5, 0.6) is 5.75 Å². The first kappa shape index (κ1) is 20.3. The van der Waals surface area contributed by atoms with Gasteiger partial charge in [0, 0.05) is 34.8 Å². The summed E-state index contributed by atoms with van der Waals surface area (Å²) in [4.78, 5) is 16.5. The number of anilines is 1. The van der Waals surface area contributed by atoms with Crippen LogP contribution in [0.15, 0.2) is 79.1 Å². The maximum atomic E-state index is 12.4. The number of nitrogens with one attached hydrogen (secondary N) is 1. The van der Waals surface area contributed by atoms with E-state index in [2.05, 4.69) is 9.71 Å². The van der Waals surface area contributed by atoms with Gasteiger partial charge in [0.1, 0.15) is 12.4 Å². The van der Waals surface area contributed by atoms with Gasteiger partial charge in [-0.25, -0.2) is 8.42 Å². The molecule has 0 radical (unpaired) electrons. The number of nitrogens with zero attached hydrogens (tertiary/aromatic N) is 1. The van der Waals surface area contributed by atoms with E-state index in [0.717, 1.165) is 17.4 Å². The van der Waals surface area contributed by atoms with Crippen molar-refractivity contribution in [3.8, 4) is 5.75 Å². The van der Waals surface area contributed by atoms with Gasteiger partial charge < -0.3 is 4.74 Å². The number of sulfonamides is 1. The fourth-order valence-corrected chi connectivity index (χ4v) is 3.14. The Labute approximate surface area is 169 Å². The molecule has 0 atom stereocenters. The van der Waals surface area contributed by atoms with E-state index in [0.29, 0.717) is 23.6 Å². The average molecular weight is 408 g/mol. The molecule has 0 aliphatic carbocycles. The van der Waals surface area contributed by atoms with Crippen LogP contribution in [0.2, 0.25) is 0 Å². The van der Waals surface area contributed by atoms with Gasteiger partial charge in [-0.1, -0.05) is 24.3 Å². The molecule has 3 rings (SSSR count). The third-order valence-electron chi connectivity index (χ3n) is 3.92. The summed E-state index contributed by atoms with van der Waals surface area (Å²) in [6.45, 7) is 0.376. The van der Waals surface area contributed by atoms with Crippen LogP contribution in [-0.4, -0.2) is 25.4 Å². The van der Waals surface area contributed by atoms with Gasteiger partial charge in [0.05, 0.1) is 6.26 Å². The Hall–Kier alpha value is -3.45. The number of hydrogen-bond donors (Lipinski definition) is 1. The van der Waals surface area contributed by atoms with Crippen molar-refractivity contribution in [1.29, 1.82) is 0 Å². The molecule has 1 heterocycles. The molecule has 1 aromatic heterocycles. The van der Waals surface area contributed by atoms with Gasteiger partial charge in [0.25, 0.3) is 0 Å².